The highest BCUT2D eigenvalue weighted by Gasteiger charge is 2.25. The third kappa shape index (κ3) is 2.25. The number of amides is 2. The number of aromatic nitrogens is 1. The lowest BCUT2D eigenvalue weighted by atomic mass is 9.78. The van der Waals surface area contributed by atoms with Crippen LogP contribution < -0.4 is 5.46 Å². The van der Waals surface area contributed by atoms with E-state index in [9.17, 15) is 9.59 Å². The van der Waals surface area contributed by atoms with Crippen molar-refractivity contribution in [2.24, 2.45) is 0 Å². The number of pyridine rings is 1. The van der Waals surface area contributed by atoms with Crippen molar-refractivity contribution in [3.05, 3.63) is 36.2 Å². The monoisotopic (exact) mass is 232 g/mol. The lowest BCUT2D eigenvalue weighted by molar-refractivity contribution is -0.137. The molecule has 6 nitrogen and oxygen atoms in total. The van der Waals surface area contributed by atoms with Crippen LogP contribution in [0.15, 0.2) is 30.6 Å². The van der Waals surface area contributed by atoms with Crippen LogP contribution in [0.5, 0.6) is 0 Å². The fourth-order valence-electron chi connectivity index (χ4n) is 1.57. The third-order valence-electron chi connectivity index (χ3n) is 2.45. The van der Waals surface area contributed by atoms with Crippen LogP contribution in [0.3, 0.4) is 0 Å². The summed E-state index contributed by atoms with van der Waals surface area (Å²) in [5, 5.41) is 18.2. The van der Waals surface area contributed by atoms with E-state index in [2.05, 4.69) is 4.98 Å². The second kappa shape index (κ2) is 4.48. The smallest absolute Gasteiger partial charge is 0.423 e. The molecule has 0 unspecified atom stereocenters. The average Bonchev–Trinajstić information content (AvgIpc) is 2.61. The Labute approximate surface area is 97.3 Å². The molecule has 1 aromatic rings. The quantitative estimate of drug-likeness (QED) is 0.473. The van der Waals surface area contributed by atoms with Gasteiger partial charge in [-0.25, -0.2) is 0 Å². The van der Waals surface area contributed by atoms with Gasteiger partial charge in [-0.15, -0.1) is 0 Å². The molecule has 0 radical (unpaired) electrons. The van der Waals surface area contributed by atoms with E-state index in [0.717, 1.165) is 4.90 Å². The SMILES string of the molecule is O=C1C=CC(=O)N1Cc1ccncc1B(O)O. The van der Waals surface area contributed by atoms with Crippen LogP contribution in [-0.4, -0.2) is 38.9 Å². The normalized spacial score (nSPS) is 14.6. The average molecular weight is 232 g/mol. The molecular weight excluding hydrogens is 223 g/mol. The van der Waals surface area contributed by atoms with Crippen LogP contribution in [-0.2, 0) is 16.1 Å². The summed E-state index contributed by atoms with van der Waals surface area (Å²) in [7, 11) is -1.68. The Kier molecular flexibility index (Phi) is 3.03. The van der Waals surface area contributed by atoms with Crippen LogP contribution in [0.2, 0.25) is 0 Å². The maximum atomic E-state index is 11.3. The second-order valence-corrected chi connectivity index (χ2v) is 3.54. The van der Waals surface area contributed by atoms with E-state index in [1.165, 1.54) is 30.6 Å². The summed E-state index contributed by atoms with van der Waals surface area (Å²) in [6.45, 7) is 0.000139. The number of nitrogens with zero attached hydrogens (tertiary/aromatic N) is 2. The molecule has 2 amide bonds. The molecule has 1 aliphatic rings. The topological polar surface area (TPSA) is 90.7 Å². The molecule has 2 rings (SSSR count). The number of rotatable bonds is 3. The summed E-state index contributed by atoms with van der Waals surface area (Å²) < 4.78 is 0. The van der Waals surface area contributed by atoms with Crippen LogP contribution >= 0.6 is 0 Å². The Morgan fingerprint density at radius 2 is 1.88 bits per heavy atom. The summed E-state index contributed by atoms with van der Waals surface area (Å²) in [5.74, 6) is -0.824. The highest BCUT2D eigenvalue weighted by molar-refractivity contribution is 6.59. The molecule has 1 aliphatic heterocycles. The van der Waals surface area contributed by atoms with Crippen molar-refractivity contribution in [2.45, 2.75) is 6.54 Å². The van der Waals surface area contributed by atoms with Crippen molar-refractivity contribution >= 4 is 24.4 Å². The first kappa shape index (κ1) is 11.5. The minimum Gasteiger partial charge on any atom is -0.423 e. The van der Waals surface area contributed by atoms with Crippen molar-refractivity contribution in [3.8, 4) is 0 Å². The molecule has 1 aromatic heterocycles. The highest BCUT2D eigenvalue weighted by Crippen LogP contribution is 2.09. The fraction of sp³-hybridized carbons (Fsp3) is 0.100. The third-order valence-corrected chi connectivity index (χ3v) is 2.45. The Morgan fingerprint density at radius 3 is 2.47 bits per heavy atom. The summed E-state index contributed by atoms with van der Waals surface area (Å²) in [5.41, 5.74) is 0.653. The van der Waals surface area contributed by atoms with E-state index < -0.39 is 18.9 Å². The van der Waals surface area contributed by atoms with Gasteiger partial charge in [0, 0.05) is 30.0 Å². The number of hydrogen-bond acceptors (Lipinski definition) is 5. The lowest BCUT2D eigenvalue weighted by Crippen LogP contribution is -2.37. The van der Waals surface area contributed by atoms with Gasteiger partial charge in [0.25, 0.3) is 11.8 Å². The summed E-state index contributed by atoms with van der Waals surface area (Å²) in [4.78, 5) is 27.5. The van der Waals surface area contributed by atoms with Gasteiger partial charge in [0.15, 0.2) is 0 Å². The molecular formula is C10H9BN2O4. The minimum absolute atomic E-state index is 0.000139. The van der Waals surface area contributed by atoms with E-state index in [-0.39, 0.29) is 12.0 Å². The van der Waals surface area contributed by atoms with E-state index in [4.69, 9.17) is 10.0 Å². The van der Waals surface area contributed by atoms with Crippen molar-refractivity contribution in [1.82, 2.24) is 9.88 Å². The molecule has 2 heterocycles. The Hall–Kier alpha value is -1.99. The largest absolute Gasteiger partial charge is 0.490 e. The molecule has 0 bridgehead atoms. The van der Waals surface area contributed by atoms with Crippen LogP contribution in [0.1, 0.15) is 5.56 Å². The summed E-state index contributed by atoms with van der Waals surface area (Å²) in [6, 6.07) is 1.54. The molecule has 2 N–H and O–H groups in total. The van der Waals surface area contributed by atoms with Gasteiger partial charge < -0.3 is 10.0 Å². The van der Waals surface area contributed by atoms with E-state index >= 15 is 0 Å². The number of carbonyl (C=O) groups excluding carboxylic acids is 2. The zero-order valence-corrected chi connectivity index (χ0v) is 8.78. The second-order valence-electron chi connectivity index (χ2n) is 3.54. The predicted molar refractivity (Wildman–Crippen MR) is 58.8 cm³/mol. The van der Waals surface area contributed by atoms with Gasteiger partial charge in [0.1, 0.15) is 0 Å². The van der Waals surface area contributed by atoms with Gasteiger partial charge in [-0.3, -0.25) is 19.5 Å². The molecule has 17 heavy (non-hydrogen) atoms. The minimum atomic E-state index is -1.68. The van der Waals surface area contributed by atoms with Gasteiger partial charge in [0.05, 0.1) is 6.54 Å². The maximum Gasteiger partial charge on any atom is 0.490 e. The van der Waals surface area contributed by atoms with E-state index in [1.807, 2.05) is 0 Å². The number of hydrogen-bond donors (Lipinski definition) is 2. The van der Waals surface area contributed by atoms with Crippen LogP contribution in [0, 0.1) is 0 Å². The first-order chi connectivity index (χ1) is 8.09. The van der Waals surface area contributed by atoms with Crippen molar-refractivity contribution < 1.29 is 19.6 Å². The molecule has 0 saturated heterocycles. The van der Waals surface area contributed by atoms with Gasteiger partial charge in [-0.1, -0.05) is 0 Å². The highest BCUT2D eigenvalue weighted by atomic mass is 16.4. The van der Waals surface area contributed by atoms with Crippen molar-refractivity contribution in [3.63, 3.8) is 0 Å². The molecule has 0 spiro atoms. The zero-order chi connectivity index (χ0) is 12.4. The zero-order valence-electron chi connectivity index (χ0n) is 8.78. The van der Waals surface area contributed by atoms with Gasteiger partial charge in [0.2, 0.25) is 0 Å². The number of imide groups is 1. The van der Waals surface area contributed by atoms with Gasteiger partial charge >= 0.3 is 7.12 Å². The van der Waals surface area contributed by atoms with Crippen LogP contribution in [0.25, 0.3) is 0 Å². The first-order valence-corrected chi connectivity index (χ1v) is 4.92. The van der Waals surface area contributed by atoms with E-state index in [0.29, 0.717) is 5.56 Å². The molecule has 0 aliphatic carbocycles. The Bertz CT molecular complexity index is 483. The molecule has 0 saturated carbocycles. The Balaban J connectivity index is 2.25. The standard InChI is InChI=1S/C10H9BN2O4/c14-9-1-2-10(15)13(9)6-7-3-4-12-5-8(7)11(16)17/h1-5,16-17H,6H2. The molecule has 7 heteroatoms. The fourth-order valence-corrected chi connectivity index (χ4v) is 1.57. The molecule has 86 valence electrons. The lowest BCUT2D eigenvalue weighted by Gasteiger charge is -2.15. The van der Waals surface area contributed by atoms with Gasteiger partial charge in [-0.05, 0) is 11.6 Å². The van der Waals surface area contributed by atoms with Crippen molar-refractivity contribution in [2.75, 3.05) is 0 Å². The maximum absolute atomic E-state index is 11.3. The van der Waals surface area contributed by atoms with Gasteiger partial charge in [-0.2, -0.15) is 0 Å². The first-order valence-electron chi connectivity index (χ1n) is 4.92. The number of carbonyl (C=O) groups is 2. The summed E-state index contributed by atoms with van der Waals surface area (Å²) in [6.07, 6.45) is 5.11. The summed E-state index contributed by atoms with van der Waals surface area (Å²) >= 11 is 0. The predicted octanol–water partition coefficient (Wildman–Crippen LogP) is -1.81. The molecule has 0 fully saturated rings. The van der Waals surface area contributed by atoms with Crippen LogP contribution in [0.4, 0.5) is 0 Å². The molecule has 0 atom stereocenters. The molecule has 0 aromatic carbocycles. The Morgan fingerprint density at radius 1 is 1.24 bits per heavy atom. The van der Waals surface area contributed by atoms with E-state index in [1.54, 1.807) is 0 Å². The van der Waals surface area contributed by atoms with Crippen molar-refractivity contribution in [1.29, 1.82) is 0 Å².